The molecule has 0 unspecified atom stereocenters. The van der Waals surface area contributed by atoms with Gasteiger partial charge < -0.3 is 47.4 Å². The van der Waals surface area contributed by atoms with Crippen LogP contribution in [0.5, 0.6) is 0 Å². The van der Waals surface area contributed by atoms with Crippen LogP contribution in [0.4, 0.5) is 0 Å². The Morgan fingerprint density at radius 2 is 0.872 bits per heavy atom. The monoisotopic (exact) mass is 694 g/mol. The predicted octanol–water partition coefficient (Wildman–Crippen LogP) is -0.114. The molecule has 0 saturated carbocycles. The molecule has 19 heteroatoms. The molecule has 2 aliphatic rings. The third-order valence-corrected chi connectivity index (χ3v) is 7.55. The van der Waals surface area contributed by atoms with Crippen LogP contribution < -0.4 is 0 Å². The van der Waals surface area contributed by atoms with E-state index in [1.54, 1.807) is 0 Å². The Labute approximate surface area is 273 Å². The molecule has 0 N–H and O–H groups in total. The van der Waals surface area contributed by atoms with E-state index in [-0.39, 0.29) is 0 Å². The van der Waals surface area contributed by atoms with Gasteiger partial charge in [-0.1, -0.05) is 0 Å². The number of hydrogen-bond acceptors (Lipinski definition) is 19. The Kier molecular flexibility index (Phi) is 14.9. The van der Waals surface area contributed by atoms with Gasteiger partial charge in [-0.2, -0.15) is 0 Å². The van der Waals surface area contributed by atoms with Gasteiger partial charge in [-0.05, 0) is 0 Å². The lowest BCUT2D eigenvalue weighted by molar-refractivity contribution is -0.325. The summed E-state index contributed by atoms with van der Waals surface area (Å²) in [7, 11) is 0. The molecule has 0 bridgehead atoms. The Balaban J connectivity index is 2.73. The van der Waals surface area contributed by atoms with Crippen LogP contribution in [0.1, 0.15) is 55.4 Å². The van der Waals surface area contributed by atoms with Gasteiger partial charge in [0.25, 0.3) is 0 Å². The molecule has 2 rings (SSSR count). The van der Waals surface area contributed by atoms with Crippen LogP contribution >= 0.6 is 11.8 Å². The molecule has 0 aromatic rings. The maximum Gasteiger partial charge on any atom is 0.303 e. The van der Waals surface area contributed by atoms with E-state index in [2.05, 4.69) is 0 Å². The van der Waals surface area contributed by atoms with E-state index in [0.29, 0.717) is 0 Å². The highest BCUT2D eigenvalue weighted by molar-refractivity contribution is 8.00. The van der Waals surface area contributed by atoms with Gasteiger partial charge in [0.05, 0.1) is 5.25 Å². The van der Waals surface area contributed by atoms with Gasteiger partial charge >= 0.3 is 47.8 Å². The second kappa shape index (κ2) is 17.8. The fourth-order valence-corrected chi connectivity index (χ4v) is 6.15. The number of carbonyl (C=O) groups excluding carboxylic acids is 8. The molecular weight excluding hydrogens is 656 g/mol. The van der Waals surface area contributed by atoms with Crippen molar-refractivity contribution in [2.75, 3.05) is 13.2 Å². The van der Waals surface area contributed by atoms with Crippen LogP contribution in [0.25, 0.3) is 0 Å². The zero-order chi connectivity index (χ0) is 35.6. The van der Waals surface area contributed by atoms with E-state index < -0.39 is 121 Å². The largest absolute Gasteiger partial charge is 0.465 e. The highest BCUT2D eigenvalue weighted by atomic mass is 32.2. The smallest absolute Gasteiger partial charge is 0.303 e. The first-order valence-corrected chi connectivity index (χ1v) is 15.1. The highest BCUT2D eigenvalue weighted by Gasteiger charge is 2.57. The Hall–Kier alpha value is -3.97. The van der Waals surface area contributed by atoms with Crippen molar-refractivity contribution in [3.8, 4) is 0 Å². The van der Waals surface area contributed by atoms with Gasteiger partial charge in [-0.15, -0.1) is 11.8 Å². The summed E-state index contributed by atoms with van der Waals surface area (Å²) in [4.78, 5) is 96.5. The second-order valence-corrected chi connectivity index (χ2v) is 11.6. The lowest BCUT2D eigenvalue weighted by Crippen LogP contribution is -2.66. The molecule has 0 amide bonds. The Bertz CT molecular complexity index is 1200. The van der Waals surface area contributed by atoms with E-state index >= 15 is 0 Å². The summed E-state index contributed by atoms with van der Waals surface area (Å²) in [5.41, 5.74) is -1.29. The molecule has 0 aliphatic carbocycles. The number of hydrogen-bond donors (Lipinski definition) is 0. The molecule has 18 nitrogen and oxygen atoms in total. The molecular formula is C28H38O18S. The van der Waals surface area contributed by atoms with E-state index in [0.717, 1.165) is 67.2 Å². The fraction of sp³-hybridized carbons (Fsp3) is 0.714. The van der Waals surface area contributed by atoms with Gasteiger partial charge in [0, 0.05) is 55.4 Å². The summed E-state index contributed by atoms with van der Waals surface area (Å²) < 4.78 is 55.1. The van der Waals surface area contributed by atoms with Crippen molar-refractivity contribution in [3.05, 3.63) is 0 Å². The third kappa shape index (κ3) is 12.3. The summed E-state index contributed by atoms with van der Waals surface area (Å²) in [5.74, 6) is -6.66. The highest BCUT2D eigenvalue weighted by Crippen LogP contribution is 2.41. The molecule has 0 spiro atoms. The van der Waals surface area contributed by atoms with E-state index in [1.807, 2.05) is 0 Å². The number of rotatable bonds is 12. The van der Waals surface area contributed by atoms with Gasteiger partial charge in [0.1, 0.15) is 25.4 Å². The quantitative estimate of drug-likeness (QED) is 0.192. The first kappa shape index (κ1) is 39.2. The molecule has 0 aromatic heterocycles. The molecule has 2 heterocycles. The van der Waals surface area contributed by atoms with Gasteiger partial charge in [0.2, 0.25) is 0 Å². The standard InChI is InChI=1S/C28H38O18S/c1-11(29)37-9-19-21(39-13(3)31)23(40-14(4)32)25(42-16(6)34)27(45-19)46-22-20(10-38-12(2)30)47-28(44-18(8)36)26(43-17(7)35)24(22)41-15(5)33/h19-28H,9-10H2,1-8H3/t19-,20+,21-,22-,23+,24+,25-,26-,27+,28-/m1/s1. The van der Waals surface area contributed by atoms with Gasteiger partial charge in [-0.3, -0.25) is 38.4 Å². The molecule has 264 valence electrons. The average Bonchev–Trinajstić information content (AvgIpc) is 2.91. The van der Waals surface area contributed by atoms with Crippen LogP contribution in [0.15, 0.2) is 0 Å². The van der Waals surface area contributed by atoms with Gasteiger partial charge in [-0.25, -0.2) is 0 Å². The normalized spacial score (nSPS) is 30.0. The van der Waals surface area contributed by atoms with Crippen LogP contribution in [-0.2, 0) is 85.7 Å². The second-order valence-electron chi connectivity index (χ2n) is 10.3. The van der Waals surface area contributed by atoms with Crippen LogP contribution in [0.3, 0.4) is 0 Å². The van der Waals surface area contributed by atoms with E-state index in [1.165, 1.54) is 0 Å². The van der Waals surface area contributed by atoms with Crippen LogP contribution in [0, 0.1) is 0 Å². The van der Waals surface area contributed by atoms with E-state index in [9.17, 15) is 38.4 Å². The third-order valence-electron chi connectivity index (χ3n) is 6.17. The molecule has 2 fully saturated rings. The Morgan fingerprint density at radius 1 is 0.468 bits per heavy atom. The maximum atomic E-state index is 12.3. The van der Waals surface area contributed by atoms with Gasteiger partial charge in [0.15, 0.2) is 42.2 Å². The minimum Gasteiger partial charge on any atom is -0.465 e. The van der Waals surface area contributed by atoms with Crippen molar-refractivity contribution in [2.24, 2.45) is 0 Å². The molecule has 0 radical (unpaired) electrons. The van der Waals surface area contributed by atoms with Crippen molar-refractivity contribution >= 4 is 59.5 Å². The van der Waals surface area contributed by atoms with Crippen molar-refractivity contribution in [2.45, 2.75) is 115 Å². The molecule has 2 saturated heterocycles. The first-order valence-electron chi connectivity index (χ1n) is 14.2. The molecule has 2 aliphatic heterocycles. The SMILES string of the molecule is CC(=O)OC[C@@H]1S[C@@H](OC(C)=O)[C@H](OC(C)=O)[C@@H](OC(C)=O)[C@@H]1O[C@@H]1O[C@H](COC(C)=O)[C@@H](OC(C)=O)[C@H](OC(C)=O)[C@H]1OC(C)=O. The summed E-state index contributed by atoms with van der Waals surface area (Å²) in [6.07, 6.45) is -12.5. The Morgan fingerprint density at radius 3 is 1.34 bits per heavy atom. The number of carbonyl (C=O) groups is 8. The fourth-order valence-electron chi connectivity index (χ4n) is 4.73. The van der Waals surface area contributed by atoms with Crippen molar-refractivity contribution in [1.29, 1.82) is 0 Å². The summed E-state index contributed by atoms with van der Waals surface area (Å²) in [5, 5.41) is -1.05. The van der Waals surface area contributed by atoms with Crippen LogP contribution in [0.2, 0.25) is 0 Å². The predicted molar refractivity (Wildman–Crippen MR) is 152 cm³/mol. The lowest BCUT2D eigenvalue weighted by Gasteiger charge is -2.48. The molecule has 47 heavy (non-hydrogen) atoms. The number of thioether (sulfide) groups is 1. The maximum absolute atomic E-state index is 12.3. The number of esters is 8. The summed E-state index contributed by atoms with van der Waals surface area (Å²) in [6.45, 7) is 7.52. The molecule has 0 aromatic carbocycles. The average molecular weight is 695 g/mol. The topological polar surface area (TPSA) is 229 Å². The summed E-state index contributed by atoms with van der Waals surface area (Å²) in [6, 6.07) is 0. The zero-order valence-electron chi connectivity index (χ0n) is 26.9. The molecule has 10 atom stereocenters. The minimum absolute atomic E-state index is 0.432. The van der Waals surface area contributed by atoms with E-state index in [4.69, 9.17) is 47.4 Å². The minimum atomic E-state index is -1.76. The zero-order valence-corrected chi connectivity index (χ0v) is 27.8. The van der Waals surface area contributed by atoms with Crippen molar-refractivity contribution in [1.82, 2.24) is 0 Å². The lowest BCUT2D eigenvalue weighted by atomic mass is 9.97. The van der Waals surface area contributed by atoms with Crippen LogP contribution in [-0.4, -0.2) is 121 Å². The first-order chi connectivity index (χ1) is 21.9. The number of ether oxygens (including phenoxy) is 10. The van der Waals surface area contributed by atoms with Crippen molar-refractivity contribution < 1.29 is 85.7 Å². The summed E-state index contributed by atoms with van der Waals surface area (Å²) >= 11 is 0.829. The van der Waals surface area contributed by atoms with Crippen molar-refractivity contribution in [3.63, 3.8) is 0 Å².